The van der Waals surface area contributed by atoms with Crippen LogP contribution in [0, 0.1) is 6.92 Å². The molecule has 5 rings (SSSR count). The summed E-state index contributed by atoms with van der Waals surface area (Å²) in [6.07, 6.45) is -0.892. The molecule has 11 nitrogen and oxygen atoms in total. The van der Waals surface area contributed by atoms with Gasteiger partial charge in [-0.25, -0.2) is 9.69 Å². The number of amidine groups is 1. The molecule has 0 aromatic heterocycles. The van der Waals surface area contributed by atoms with Gasteiger partial charge in [-0.2, -0.15) is 0 Å². The molecule has 2 unspecified atom stereocenters. The summed E-state index contributed by atoms with van der Waals surface area (Å²) in [6, 6.07) is 14.4. The standard InChI is InChI=1S/C28H35N6O5/c1-19-6-5-7-23(16-19)39-18-21(35)17-34-24-25(30(2)28(37)31(3)26(24)36)29-27(34)33-14-12-32(13-15-33)20-8-10-22(38-4)11-9-20/h5-11,16,21,24,35H,12-15,17-18H2,1-4H3/q+1. The van der Waals surface area contributed by atoms with Crippen LogP contribution < -0.4 is 14.4 Å². The number of likely N-dealkylation sites (N-methyl/N-ethyl adjacent to an activating group) is 2. The predicted molar refractivity (Wildman–Crippen MR) is 147 cm³/mol. The molecule has 2 aromatic carbocycles. The Kier molecular flexibility index (Phi) is 7.42. The molecule has 0 bridgehead atoms. The third-order valence-electron chi connectivity index (χ3n) is 7.35. The maximum Gasteiger partial charge on any atom is 0.392 e. The molecule has 0 saturated carbocycles. The van der Waals surface area contributed by atoms with Crippen LogP contribution in [0.4, 0.5) is 10.5 Å². The normalized spacial score (nSPS) is 20.3. The molecule has 2 atom stereocenters. The van der Waals surface area contributed by atoms with E-state index in [0.29, 0.717) is 30.6 Å². The second-order valence-corrected chi connectivity index (χ2v) is 10.0. The Hall–Kier alpha value is -4.12. The van der Waals surface area contributed by atoms with Gasteiger partial charge < -0.3 is 19.5 Å². The number of amides is 3. The molecule has 0 spiro atoms. The number of aliphatic imine (C=N–C) groups is 1. The molecule has 3 amide bonds. The zero-order valence-corrected chi connectivity index (χ0v) is 22.8. The van der Waals surface area contributed by atoms with E-state index in [9.17, 15) is 14.7 Å². The van der Waals surface area contributed by atoms with E-state index in [1.54, 1.807) is 14.2 Å². The number of benzene rings is 2. The van der Waals surface area contributed by atoms with Crippen LogP contribution in [0.3, 0.4) is 0 Å². The van der Waals surface area contributed by atoms with Crippen molar-refractivity contribution in [2.45, 2.75) is 19.1 Å². The lowest BCUT2D eigenvalue weighted by Crippen LogP contribution is -2.63. The number of aliphatic hydroxyl groups is 1. The number of urea groups is 1. The lowest BCUT2D eigenvalue weighted by atomic mass is 10.1. The molecule has 3 aliphatic rings. The van der Waals surface area contributed by atoms with Crippen LogP contribution in [-0.2, 0) is 4.79 Å². The molecule has 1 N–H and O–H groups in total. The van der Waals surface area contributed by atoms with Gasteiger partial charge in [-0.05, 0) is 48.9 Å². The van der Waals surface area contributed by atoms with E-state index >= 15 is 0 Å². The molecule has 3 heterocycles. The fourth-order valence-corrected chi connectivity index (χ4v) is 5.16. The number of ether oxygens (including phenoxy) is 2. The van der Waals surface area contributed by atoms with E-state index in [4.69, 9.17) is 14.5 Å². The zero-order chi connectivity index (χ0) is 27.7. The summed E-state index contributed by atoms with van der Waals surface area (Å²) in [6.45, 7) is 4.99. The maximum atomic E-state index is 13.3. The number of hydrogen-bond acceptors (Lipinski definition) is 6. The number of carbonyl (C=O) groups excluding carboxylic acids is 2. The van der Waals surface area contributed by atoms with Crippen LogP contribution in [0.1, 0.15) is 5.56 Å². The summed E-state index contributed by atoms with van der Waals surface area (Å²) in [5, 5.41) is 11.0. The molecule has 39 heavy (non-hydrogen) atoms. The summed E-state index contributed by atoms with van der Waals surface area (Å²) in [5.41, 5.74) is 2.17. The summed E-state index contributed by atoms with van der Waals surface area (Å²) in [5.74, 6) is 2.08. The summed E-state index contributed by atoms with van der Waals surface area (Å²) < 4.78 is 13.2. The number of aliphatic hydroxyl groups excluding tert-OH is 1. The highest BCUT2D eigenvalue weighted by Crippen LogP contribution is 2.25. The number of fused-ring (bicyclic) bond motifs is 1. The quantitative estimate of drug-likeness (QED) is 0.533. The Morgan fingerprint density at radius 1 is 1.05 bits per heavy atom. The van der Waals surface area contributed by atoms with Crippen LogP contribution in [0.25, 0.3) is 0 Å². The van der Waals surface area contributed by atoms with Crippen LogP contribution in [-0.4, -0.2) is 121 Å². The summed E-state index contributed by atoms with van der Waals surface area (Å²) in [7, 11) is 4.74. The minimum atomic E-state index is -0.892. The smallest absolute Gasteiger partial charge is 0.392 e. The number of nitrogens with zero attached hydrogens (tertiary/aromatic N) is 6. The molecule has 3 aliphatic heterocycles. The number of hydrogen-bond donors (Lipinski definition) is 1. The Balaban J connectivity index is 1.36. The van der Waals surface area contributed by atoms with Gasteiger partial charge in [0.15, 0.2) is 0 Å². The number of piperazine rings is 1. The SMILES string of the molecule is COc1ccc(N2CC[N+](=C3N=C4C(C(=O)N(C)C(=O)N4C)N3CC(O)COc3cccc(C)c3)CC2)cc1. The number of imide groups is 1. The minimum absolute atomic E-state index is 0.0549. The van der Waals surface area contributed by atoms with Gasteiger partial charge in [-0.3, -0.25) is 19.2 Å². The number of β-amino-alcohol motifs (C(OH)–C–C–N with tert-alkyl or cyclic N) is 1. The highest BCUT2D eigenvalue weighted by atomic mass is 16.5. The first-order valence-corrected chi connectivity index (χ1v) is 13.1. The molecule has 11 heteroatoms. The fraction of sp³-hybridized carbons (Fsp3) is 0.429. The number of carbonyl (C=O) groups is 2. The van der Waals surface area contributed by atoms with Crippen LogP contribution in [0.2, 0.25) is 0 Å². The molecular formula is C28H35N6O5+. The van der Waals surface area contributed by atoms with Gasteiger partial charge >= 0.3 is 12.0 Å². The molecule has 0 aliphatic carbocycles. The molecule has 206 valence electrons. The van der Waals surface area contributed by atoms with Gasteiger partial charge in [0.05, 0.1) is 26.7 Å². The lowest BCUT2D eigenvalue weighted by Gasteiger charge is -2.34. The Labute approximate surface area is 228 Å². The van der Waals surface area contributed by atoms with Crippen molar-refractivity contribution in [1.82, 2.24) is 14.7 Å². The third-order valence-corrected chi connectivity index (χ3v) is 7.35. The fourth-order valence-electron chi connectivity index (χ4n) is 5.16. The van der Waals surface area contributed by atoms with Gasteiger partial charge in [0.2, 0.25) is 11.9 Å². The minimum Gasteiger partial charge on any atom is -0.497 e. The molecule has 2 saturated heterocycles. The molecular weight excluding hydrogens is 500 g/mol. The second kappa shape index (κ2) is 10.9. The van der Waals surface area contributed by atoms with Crippen LogP contribution in [0.5, 0.6) is 11.5 Å². The highest BCUT2D eigenvalue weighted by molar-refractivity contribution is 6.25. The van der Waals surface area contributed by atoms with E-state index in [0.717, 1.165) is 35.0 Å². The average Bonchev–Trinajstić information content (AvgIpc) is 3.33. The van der Waals surface area contributed by atoms with Gasteiger partial charge in [0, 0.05) is 32.9 Å². The number of methoxy groups -OCH3 is 1. The second-order valence-electron chi connectivity index (χ2n) is 10.0. The third kappa shape index (κ3) is 5.26. The van der Waals surface area contributed by atoms with Crippen molar-refractivity contribution in [3.05, 3.63) is 54.1 Å². The lowest BCUT2D eigenvalue weighted by molar-refractivity contribution is -0.535. The number of guanidine groups is 1. The van der Waals surface area contributed by atoms with E-state index in [2.05, 4.69) is 9.48 Å². The van der Waals surface area contributed by atoms with Gasteiger partial charge in [-0.15, -0.1) is 0 Å². The van der Waals surface area contributed by atoms with Crippen LogP contribution >= 0.6 is 0 Å². The Morgan fingerprint density at radius 2 is 1.77 bits per heavy atom. The average molecular weight is 536 g/mol. The van der Waals surface area contributed by atoms with Crippen molar-refractivity contribution in [2.24, 2.45) is 4.99 Å². The van der Waals surface area contributed by atoms with E-state index in [1.165, 1.54) is 11.9 Å². The first kappa shape index (κ1) is 26.5. The number of aryl methyl sites for hydroxylation is 1. The predicted octanol–water partition coefficient (Wildman–Crippen LogP) is 1.24. The van der Waals surface area contributed by atoms with Crippen molar-refractivity contribution in [3.8, 4) is 11.5 Å². The largest absolute Gasteiger partial charge is 0.497 e. The monoisotopic (exact) mass is 535 g/mol. The van der Waals surface area contributed by atoms with Crippen molar-refractivity contribution >= 4 is 29.4 Å². The first-order chi connectivity index (χ1) is 18.8. The van der Waals surface area contributed by atoms with Gasteiger partial charge in [-0.1, -0.05) is 17.1 Å². The van der Waals surface area contributed by atoms with E-state index in [-0.39, 0.29) is 19.1 Å². The van der Waals surface area contributed by atoms with Crippen LogP contribution in [0.15, 0.2) is 53.5 Å². The topological polar surface area (TPSA) is 101 Å². The summed E-state index contributed by atoms with van der Waals surface area (Å²) >= 11 is 0. The van der Waals surface area contributed by atoms with Crippen molar-refractivity contribution in [1.29, 1.82) is 0 Å². The first-order valence-electron chi connectivity index (χ1n) is 13.1. The van der Waals surface area contributed by atoms with Gasteiger partial charge in [0.25, 0.3) is 5.91 Å². The number of rotatable bonds is 7. The van der Waals surface area contributed by atoms with Gasteiger partial charge in [0.1, 0.15) is 24.2 Å². The van der Waals surface area contributed by atoms with Crippen molar-refractivity contribution in [3.63, 3.8) is 0 Å². The maximum absolute atomic E-state index is 13.3. The van der Waals surface area contributed by atoms with E-state index < -0.39 is 18.2 Å². The molecule has 2 fully saturated rings. The number of anilines is 1. The van der Waals surface area contributed by atoms with Crippen molar-refractivity contribution in [2.75, 3.05) is 65.4 Å². The summed E-state index contributed by atoms with van der Waals surface area (Å²) in [4.78, 5) is 37.3. The molecule has 0 radical (unpaired) electrons. The van der Waals surface area contributed by atoms with Crippen molar-refractivity contribution < 1.29 is 28.7 Å². The molecule has 2 aromatic rings. The Bertz CT molecular complexity index is 1300. The highest BCUT2D eigenvalue weighted by Gasteiger charge is 2.55. The van der Waals surface area contributed by atoms with E-state index in [1.807, 2.05) is 60.4 Å². The zero-order valence-electron chi connectivity index (χ0n) is 22.8. The Morgan fingerprint density at radius 3 is 2.44 bits per heavy atom.